The lowest BCUT2D eigenvalue weighted by molar-refractivity contribution is 1.18. The fourth-order valence-corrected chi connectivity index (χ4v) is 9.45. The largest absolute Gasteiger partial charge is 0.309 e. The molecule has 0 saturated carbocycles. The molecule has 11 rings (SSSR count). The zero-order chi connectivity index (χ0) is 37.0. The van der Waals surface area contributed by atoms with E-state index < -0.39 is 0 Å². The zero-order valence-electron chi connectivity index (χ0n) is 30.6. The Labute approximate surface area is 330 Å². The summed E-state index contributed by atoms with van der Waals surface area (Å²) in [6, 6.07) is 77.6. The smallest absolute Gasteiger partial charge is 0.0541 e. The van der Waals surface area contributed by atoms with Crippen LogP contribution >= 0.6 is 11.3 Å². The maximum absolute atomic E-state index is 2.38. The lowest BCUT2D eigenvalue weighted by atomic mass is 9.95. The molecule has 0 saturated heterocycles. The van der Waals surface area contributed by atoms with Crippen LogP contribution in [0.2, 0.25) is 0 Å². The first-order valence-electron chi connectivity index (χ1n) is 19.2. The number of benzene rings is 9. The molecule has 0 amide bonds. The summed E-state index contributed by atoms with van der Waals surface area (Å²) in [5, 5.41) is 5.15. The van der Waals surface area contributed by atoms with Gasteiger partial charge >= 0.3 is 0 Å². The topological polar surface area (TPSA) is 4.93 Å². The molecule has 2 heterocycles. The summed E-state index contributed by atoms with van der Waals surface area (Å²) in [7, 11) is 0. The Kier molecular flexibility index (Phi) is 7.75. The van der Waals surface area contributed by atoms with Crippen molar-refractivity contribution in [2.45, 2.75) is 0 Å². The molecule has 0 spiro atoms. The van der Waals surface area contributed by atoms with Gasteiger partial charge in [-0.2, -0.15) is 0 Å². The standard InChI is InChI=1S/C54H35NS/c1-3-11-36(12-4-1)39-13-9-14-40(31-39)41-15-10-16-42(32-41)45-27-30-54-50(35-45)49-34-44(26-29-53(49)56-54)38-23-21-37(22-24-38)43-25-28-52-48(33-43)47-19-7-8-20-51(47)55(52)46-17-5-2-6-18-46/h1-35H. The van der Waals surface area contributed by atoms with Crippen molar-refractivity contribution in [2.24, 2.45) is 0 Å². The molecule has 0 atom stereocenters. The molecule has 0 aliphatic carbocycles. The summed E-state index contributed by atoms with van der Waals surface area (Å²) in [5.41, 5.74) is 15.9. The number of para-hydroxylation sites is 2. The lowest BCUT2D eigenvalue weighted by Crippen LogP contribution is -1.92. The van der Waals surface area contributed by atoms with E-state index in [4.69, 9.17) is 0 Å². The van der Waals surface area contributed by atoms with Crippen molar-refractivity contribution in [3.63, 3.8) is 0 Å². The van der Waals surface area contributed by atoms with Crippen molar-refractivity contribution in [3.8, 4) is 61.3 Å². The van der Waals surface area contributed by atoms with Crippen LogP contribution in [0.1, 0.15) is 0 Å². The van der Waals surface area contributed by atoms with Gasteiger partial charge in [-0.15, -0.1) is 11.3 Å². The van der Waals surface area contributed by atoms with E-state index in [0.29, 0.717) is 0 Å². The van der Waals surface area contributed by atoms with Gasteiger partial charge < -0.3 is 4.57 Å². The number of nitrogens with zero attached hydrogens (tertiary/aromatic N) is 1. The Morgan fingerprint density at radius 2 is 0.643 bits per heavy atom. The molecule has 0 aliphatic rings. The third-order valence-electron chi connectivity index (χ3n) is 11.2. The van der Waals surface area contributed by atoms with E-state index in [1.165, 1.54) is 103 Å². The normalized spacial score (nSPS) is 11.6. The maximum atomic E-state index is 2.38. The molecule has 0 radical (unpaired) electrons. The monoisotopic (exact) mass is 729 g/mol. The highest BCUT2D eigenvalue weighted by atomic mass is 32.1. The summed E-state index contributed by atoms with van der Waals surface area (Å²) in [4.78, 5) is 0. The molecule has 0 fully saturated rings. The number of hydrogen-bond donors (Lipinski definition) is 0. The van der Waals surface area contributed by atoms with E-state index in [9.17, 15) is 0 Å². The van der Waals surface area contributed by atoms with Crippen molar-refractivity contribution in [1.29, 1.82) is 0 Å². The second kappa shape index (κ2) is 13.4. The van der Waals surface area contributed by atoms with Crippen LogP contribution in [0.15, 0.2) is 212 Å². The highest BCUT2D eigenvalue weighted by Crippen LogP contribution is 2.40. The molecule has 11 aromatic rings. The summed E-state index contributed by atoms with van der Waals surface area (Å²) in [6.07, 6.45) is 0. The second-order valence-electron chi connectivity index (χ2n) is 14.5. The Hall–Kier alpha value is -7.00. The van der Waals surface area contributed by atoms with E-state index in [1.807, 2.05) is 11.3 Å². The minimum absolute atomic E-state index is 1.18. The first kappa shape index (κ1) is 32.4. The second-order valence-corrected chi connectivity index (χ2v) is 15.6. The predicted molar refractivity (Wildman–Crippen MR) is 241 cm³/mol. The molecule has 2 heteroatoms. The molecule has 1 nitrogen and oxygen atoms in total. The molecule has 0 N–H and O–H groups in total. The van der Waals surface area contributed by atoms with Gasteiger partial charge in [0.05, 0.1) is 11.0 Å². The van der Waals surface area contributed by atoms with Crippen molar-refractivity contribution in [1.82, 2.24) is 4.57 Å². The summed E-state index contributed by atoms with van der Waals surface area (Å²) >= 11 is 1.87. The van der Waals surface area contributed by atoms with Gasteiger partial charge in [-0.25, -0.2) is 0 Å². The Morgan fingerprint density at radius 1 is 0.250 bits per heavy atom. The van der Waals surface area contributed by atoms with Gasteiger partial charge in [-0.1, -0.05) is 146 Å². The molecular formula is C54H35NS. The third kappa shape index (κ3) is 5.62. The molecule has 0 unspecified atom stereocenters. The number of thiophene rings is 1. The fourth-order valence-electron chi connectivity index (χ4n) is 8.39. The van der Waals surface area contributed by atoms with E-state index in [0.717, 1.165) is 0 Å². The SMILES string of the molecule is c1ccc(-c2cccc(-c3cccc(-c4ccc5sc6ccc(-c7ccc(-c8ccc9c(c8)c8ccccc8n9-c8ccccc8)cc7)cc6c5c4)c3)c2)cc1. The number of fused-ring (bicyclic) bond motifs is 6. The quantitative estimate of drug-likeness (QED) is 0.161. The maximum Gasteiger partial charge on any atom is 0.0541 e. The Bertz CT molecular complexity index is 3220. The molecule has 56 heavy (non-hydrogen) atoms. The molecule has 0 aliphatic heterocycles. The number of hydrogen-bond acceptors (Lipinski definition) is 1. The van der Waals surface area contributed by atoms with Crippen LogP contribution in [0.4, 0.5) is 0 Å². The molecular weight excluding hydrogens is 695 g/mol. The van der Waals surface area contributed by atoms with Crippen LogP contribution in [-0.4, -0.2) is 4.57 Å². The Morgan fingerprint density at radius 3 is 1.25 bits per heavy atom. The summed E-state index contributed by atoms with van der Waals surface area (Å²) in [5.74, 6) is 0. The molecule has 0 bridgehead atoms. The van der Waals surface area contributed by atoms with Crippen LogP contribution in [-0.2, 0) is 0 Å². The first-order valence-corrected chi connectivity index (χ1v) is 20.0. The minimum Gasteiger partial charge on any atom is -0.309 e. The van der Waals surface area contributed by atoms with Gasteiger partial charge in [0.1, 0.15) is 0 Å². The van der Waals surface area contributed by atoms with E-state index in [1.54, 1.807) is 0 Å². The molecule has 2 aromatic heterocycles. The highest BCUT2D eigenvalue weighted by Gasteiger charge is 2.14. The van der Waals surface area contributed by atoms with Crippen LogP contribution in [0, 0.1) is 0 Å². The van der Waals surface area contributed by atoms with Gasteiger partial charge in [0.25, 0.3) is 0 Å². The van der Waals surface area contributed by atoms with Crippen LogP contribution in [0.5, 0.6) is 0 Å². The van der Waals surface area contributed by atoms with Crippen molar-refractivity contribution in [2.75, 3.05) is 0 Å². The molecule has 9 aromatic carbocycles. The van der Waals surface area contributed by atoms with Crippen molar-refractivity contribution < 1.29 is 0 Å². The zero-order valence-corrected chi connectivity index (χ0v) is 31.4. The molecule has 262 valence electrons. The minimum atomic E-state index is 1.18. The first-order chi connectivity index (χ1) is 27.7. The lowest BCUT2D eigenvalue weighted by Gasteiger charge is -2.09. The van der Waals surface area contributed by atoms with Gasteiger partial charge in [0.2, 0.25) is 0 Å². The Balaban J connectivity index is 0.917. The van der Waals surface area contributed by atoms with Crippen molar-refractivity contribution >= 4 is 53.3 Å². The van der Waals surface area contributed by atoms with Crippen LogP contribution in [0.25, 0.3) is 103 Å². The van der Waals surface area contributed by atoms with Crippen LogP contribution < -0.4 is 0 Å². The van der Waals surface area contributed by atoms with Gasteiger partial charge in [-0.05, 0) is 122 Å². The fraction of sp³-hybridized carbons (Fsp3) is 0. The number of rotatable bonds is 6. The van der Waals surface area contributed by atoms with E-state index >= 15 is 0 Å². The predicted octanol–water partition coefficient (Wildman–Crippen LogP) is 15.5. The average molecular weight is 730 g/mol. The van der Waals surface area contributed by atoms with Crippen molar-refractivity contribution in [3.05, 3.63) is 212 Å². The van der Waals surface area contributed by atoms with E-state index in [-0.39, 0.29) is 0 Å². The highest BCUT2D eigenvalue weighted by molar-refractivity contribution is 7.25. The summed E-state index contributed by atoms with van der Waals surface area (Å²) in [6.45, 7) is 0. The number of aromatic nitrogens is 1. The van der Waals surface area contributed by atoms with E-state index in [2.05, 4.69) is 217 Å². The van der Waals surface area contributed by atoms with Gasteiger partial charge in [0.15, 0.2) is 0 Å². The van der Waals surface area contributed by atoms with Crippen LogP contribution in [0.3, 0.4) is 0 Å². The van der Waals surface area contributed by atoms with Gasteiger partial charge in [0, 0.05) is 36.6 Å². The third-order valence-corrected chi connectivity index (χ3v) is 12.4. The summed E-state index contributed by atoms with van der Waals surface area (Å²) < 4.78 is 4.99. The average Bonchev–Trinajstić information content (AvgIpc) is 3.82. The van der Waals surface area contributed by atoms with Gasteiger partial charge in [-0.3, -0.25) is 0 Å².